The Hall–Kier alpha value is -1.36. The second kappa shape index (κ2) is 3.66. The molecule has 5 heteroatoms. The predicted octanol–water partition coefficient (Wildman–Crippen LogP) is 2.12. The van der Waals surface area contributed by atoms with E-state index in [0.717, 1.165) is 15.4 Å². The van der Waals surface area contributed by atoms with Crippen molar-refractivity contribution >= 4 is 32.8 Å². The Morgan fingerprint density at radius 1 is 1.53 bits per heavy atom. The third-order valence-corrected chi connectivity index (χ3v) is 2.93. The second-order valence-electron chi connectivity index (χ2n) is 3.11. The van der Waals surface area contributed by atoms with Crippen molar-refractivity contribution < 1.29 is 9.53 Å². The van der Waals surface area contributed by atoms with Gasteiger partial charge in [0.2, 0.25) is 0 Å². The molecule has 0 radical (unpaired) electrons. The van der Waals surface area contributed by atoms with E-state index in [1.807, 2.05) is 19.2 Å². The maximum Gasteiger partial charge on any atom is 0.339 e. The van der Waals surface area contributed by atoms with E-state index < -0.39 is 0 Å². The van der Waals surface area contributed by atoms with Crippen molar-refractivity contribution in [1.29, 1.82) is 0 Å². The first kappa shape index (κ1) is 10.2. The lowest BCUT2D eigenvalue weighted by Gasteiger charge is -2.03. The highest BCUT2D eigenvalue weighted by Gasteiger charge is 2.16. The van der Waals surface area contributed by atoms with Gasteiger partial charge in [0.05, 0.1) is 24.4 Å². The minimum atomic E-state index is -0.361. The maximum atomic E-state index is 11.6. The molecule has 0 unspecified atom stereocenters. The molecule has 0 N–H and O–H groups in total. The Bertz CT molecular complexity index is 533. The number of fused-ring (bicyclic) bond motifs is 1. The van der Waals surface area contributed by atoms with E-state index in [-0.39, 0.29) is 5.97 Å². The van der Waals surface area contributed by atoms with E-state index in [0.29, 0.717) is 5.56 Å². The van der Waals surface area contributed by atoms with Gasteiger partial charge in [-0.1, -0.05) is 0 Å². The lowest BCUT2D eigenvalue weighted by molar-refractivity contribution is 0.0602. The first-order chi connectivity index (χ1) is 7.15. The van der Waals surface area contributed by atoms with E-state index in [9.17, 15) is 4.79 Å². The fourth-order valence-electron chi connectivity index (χ4n) is 1.51. The van der Waals surface area contributed by atoms with Gasteiger partial charge in [0, 0.05) is 16.9 Å². The van der Waals surface area contributed by atoms with Crippen LogP contribution in [0.2, 0.25) is 0 Å². The number of hydrogen-bond acceptors (Lipinski definition) is 3. The highest BCUT2D eigenvalue weighted by molar-refractivity contribution is 9.10. The number of aryl methyl sites for hydroxylation is 1. The van der Waals surface area contributed by atoms with Crippen LogP contribution < -0.4 is 0 Å². The van der Waals surface area contributed by atoms with Crippen LogP contribution in [0.15, 0.2) is 22.8 Å². The van der Waals surface area contributed by atoms with Crippen LogP contribution in [0.5, 0.6) is 0 Å². The zero-order chi connectivity index (χ0) is 11.0. The molecule has 1 aromatic carbocycles. The van der Waals surface area contributed by atoms with Crippen LogP contribution in [0.1, 0.15) is 10.4 Å². The summed E-state index contributed by atoms with van der Waals surface area (Å²) in [5.74, 6) is -0.361. The van der Waals surface area contributed by atoms with Crippen LogP contribution in [0.25, 0.3) is 10.9 Å². The van der Waals surface area contributed by atoms with Gasteiger partial charge in [0.15, 0.2) is 0 Å². The molecule has 0 saturated carbocycles. The molecule has 1 aromatic heterocycles. The van der Waals surface area contributed by atoms with Crippen molar-refractivity contribution in [2.45, 2.75) is 0 Å². The average molecular weight is 269 g/mol. The monoisotopic (exact) mass is 268 g/mol. The number of nitrogens with zero attached hydrogens (tertiary/aromatic N) is 2. The minimum Gasteiger partial charge on any atom is -0.465 e. The normalized spacial score (nSPS) is 10.6. The molecule has 0 saturated heterocycles. The summed E-state index contributed by atoms with van der Waals surface area (Å²) in [5.41, 5.74) is 1.42. The number of methoxy groups -OCH3 is 1. The van der Waals surface area contributed by atoms with Crippen LogP contribution in [-0.2, 0) is 11.8 Å². The highest BCUT2D eigenvalue weighted by atomic mass is 79.9. The van der Waals surface area contributed by atoms with Crippen molar-refractivity contribution in [1.82, 2.24) is 9.78 Å². The minimum absolute atomic E-state index is 0.361. The SMILES string of the molecule is COC(=O)c1c(Br)ccc2c1cnn2C. The summed E-state index contributed by atoms with van der Waals surface area (Å²) >= 11 is 3.33. The van der Waals surface area contributed by atoms with Gasteiger partial charge in [0.1, 0.15) is 0 Å². The fraction of sp³-hybridized carbons (Fsp3) is 0.200. The number of benzene rings is 1. The summed E-state index contributed by atoms with van der Waals surface area (Å²) < 4.78 is 7.16. The first-order valence-electron chi connectivity index (χ1n) is 4.33. The molecule has 0 aliphatic carbocycles. The summed E-state index contributed by atoms with van der Waals surface area (Å²) in [4.78, 5) is 11.6. The van der Waals surface area contributed by atoms with Crippen molar-refractivity contribution in [2.75, 3.05) is 7.11 Å². The van der Waals surface area contributed by atoms with E-state index >= 15 is 0 Å². The fourth-order valence-corrected chi connectivity index (χ4v) is 2.02. The molecule has 0 spiro atoms. The lowest BCUT2D eigenvalue weighted by atomic mass is 10.1. The standard InChI is InChI=1S/C10H9BrN2O2/c1-13-8-4-3-7(11)9(10(14)15-2)6(8)5-12-13/h3-5H,1-2H3. The largest absolute Gasteiger partial charge is 0.465 e. The second-order valence-corrected chi connectivity index (χ2v) is 3.97. The molecule has 0 amide bonds. The molecule has 4 nitrogen and oxygen atoms in total. The van der Waals surface area contributed by atoms with E-state index in [4.69, 9.17) is 4.74 Å². The molecule has 78 valence electrons. The Balaban J connectivity index is 2.80. The summed E-state index contributed by atoms with van der Waals surface area (Å²) in [6.07, 6.45) is 1.66. The quantitative estimate of drug-likeness (QED) is 0.745. The number of halogens is 1. The molecule has 1 heterocycles. The van der Waals surface area contributed by atoms with E-state index in [1.165, 1.54) is 7.11 Å². The number of carbonyl (C=O) groups excluding carboxylic acids is 1. The number of hydrogen-bond donors (Lipinski definition) is 0. The van der Waals surface area contributed by atoms with Crippen molar-refractivity contribution in [3.05, 3.63) is 28.4 Å². The first-order valence-corrected chi connectivity index (χ1v) is 5.13. The molecule has 0 bridgehead atoms. The van der Waals surface area contributed by atoms with Gasteiger partial charge in [0.25, 0.3) is 0 Å². The summed E-state index contributed by atoms with van der Waals surface area (Å²) in [7, 11) is 3.20. The number of aromatic nitrogens is 2. The Labute approximate surface area is 95.0 Å². The van der Waals surface area contributed by atoms with Gasteiger partial charge in [-0.2, -0.15) is 5.10 Å². The van der Waals surface area contributed by atoms with Gasteiger partial charge in [-0.05, 0) is 28.1 Å². The third-order valence-electron chi connectivity index (χ3n) is 2.27. The highest BCUT2D eigenvalue weighted by Crippen LogP contribution is 2.26. The van der Waals surface area contributed by atoms with Crippen molar-refractivity contribution in [2.24, 2.45) is 7.05 Å². The molecule has 2 rings (SSSR count). The van der Waals surface area contributed by atoms with Crippen LogP contribution in [0.4, 0.5) is 0 Å². The molecule has 0 atom stereocenters. The third kappa shape index (κ3) is 1.52. The number of rotatable bonds is 1. The molecular formula is C10H9BrN2O2. The van der Waals surface area contributed by atoms with Gasteiger partial charge >= 0.3 is 5.97 Å². The van der Waals surface area contributed by atoms with E-state index in [2.05, 4.69) is 21.0 Å². The number of esters is 1. The summed E-state index contributed by atoms with van der Waals surface area (Å²) in [6, 6.07) is 3.72. The Kier molecular flexibility index (Phi) is 2.48. The van der Waals surface area contributed by atoms with Gasteiger partial charge in [-0.3, -0.25) is 4.68 Å². The van der Waals surface area contributed by atoms with Crippen LogP contribution >= 0.6 is 15.9 Å². The molecule has 0 fully saturated rings. The lowest BCUT2D eigenvalue weighted by Crippen LogP contribution is -2.03. The predicted molar refractivity (Wildman–Crippen MR) is 59.8 cm³/mol. The molecule has 2 aromatic rings. The zero-order valence-corrected chi connectivity index (χ0v) is 9.91. The molecule has 0 aliphatic heterocycles. The average Bonchev–Trinajstić information content (AvgIpc) is 2.59. The van der Waals surface area contributed by atoms with Crippen LogP contribution in [0.3, 0.4) is 0 Å². The molecular weight excluding hydrogens is 260 g/mol. The molecule has 15 heavy (non-hydrogen) atoms. The van der Waals surface area contributed by atoms with Crippen molar-refractivity contribution in [3.8, 4) is 0 Å². The van der Waals surface area contributed by atoms with Gasteiger partial charge in [-0.25, -0.2) is 4.79 Å². The van der Waals surface area contributed by atoms with Crippen LogP contribution in [0, 0.1) is 0 Å². The van der Waals surface area contributed by atoms with Crippen molar-refractivity contribution in [3.63, 3.8) is 0 Å². The Morgan fingerprint density at radius 2 is 2.27 bits per heavy atom. The number of ether oxygens (including phenoxy) is 1. The smallest absolute Gasteiger partial charge is 0.339 e. The van der Waals surface area contributed by atoms with Gasteiger partial charge in [-0.15, -0.1) is 0 Å². The Morgan fingerprint density at radius 3 is 2.93 bits per heavy atom. The topological polar surface area (TPSA) is 44.1 Å². The van der Waals surface area contributed by atoms with Crippen LogP contribution in [-0.4, -0.2) is 22.9 Å². The van der Waals surface area contributed by atoms with Gasteiger partial charge < -0.3 is 4.74 Å². The zero-order valence-electron chi connectivity index (χ0n) is 8.32. The summed E-state index contributed by atoms with van der Waals surface area (Å²) in [5, 5.41) is 4.89. The van der Waals surface area contributed by atoms with E-state index in [1.54, 1.807) is 10.9 Å². The molecule has 0 aliphatic rings. The maximum absolute atomic E-state index is 11.6. The number of carbonyl (C=O) groups is 1. The summed E-state index contributed by atoms with van der Waals surface area (Å²) in [6.45, 7) is 0.